The Morgan fingerprint density at radius 3 is 2.38 bits per heavy atom. The summed E-state index contributed by atoms with van der Waals surface area (Å²) in [5.74, 6) is 1.55. The molecule has 2 aliphatic heterocycles. The van der Waals surface area contributed by atoms with Crippen molar-refractivity contribution in [1.29, 1.82) is 0 Å². The van der Waals surface area contributed by atoms with Crippen molar-refractivity contribution in [2.24, 2.45) is 10.9 Å². The number of alkyl halides is 3. The van der Waals surface area contributed by atoms with Crippen LogP contribution in [0.1, 0.15) is 25.3 Å². The van der Waals surface area contributed by atoms with Crippen molar-refractivity contribution in [2.45, 2.75) is 38.0 Å². The first kappa shape index (κ1) is 24.0. The Morgan fingerprint density at radius 1 is 1.16 bits per heavy atom. The Morgan fingerprint density at radius 2 is 1.81 bits per heavy atom. The van der Waals surface area contributed by atoms with Gasteiger partial charge in [-0.15, -0.1) is 0 Å². The van der Waals surface area contributed by atoms with Gasteiger partial charge in [0.15, 0.2) is 0 Å². The first-order valence-electron chi connectivity index (χ1n) is 10.6. The molecular weight excluding hydrogens is 427 g/mol. The molecule has 2 saturated heterocycles. The van der Waals surface area contributed by atoms with Crippen LogP contribution in [0.4, 0.5) is 18.9 Å². The molecule has 1 atom stereocenters. The molecule has 1 unspecified atom stereocenters. The van der Waals surface area contributed by atoms with Gasteiger partial charge in [0.05, 0.1) is 12.8 Å². The van der Waals surface area contributed by atoms with E-state index in [2.05, 4.69) is 38.7 Å². The lowest BCUT2D eigenvalue weighted by Crippen LogP contribution is -2.57. The number of hydrogen-bond acceptors (Lipinski definition) is 8. The molecule has 1 aromatic rings. The van der Waals surface area contributed by atoms with Gasteiger partial charge >= 0.3 is 18.1 Å². The second-order valence-electron chi connectivity index (χ2n) is 8.17. The van der Waals surface area contributed by atoms with E-state index in [0.29, 0.717) is 25.2 Å². The minimum Gasteiger partial charge on any atom is -0.385 e. The quantitative estimate of drug-likeness (QED) is 0.237. The number of nitrogens with zero attached hydrogens (tertiary/aromatic N) is 4. The number of esters is 2. The van der Waals surface area contributed by atoms with E-state index in [-0.39, 0.29) is 6.54 Å². The third-order valence-corrected chi connectivity index (χ3v) is 5.98. The van der Waals surface area contributed by atoms with Crippen molar-refractivity contribution in [3.63, 3.8) is 0 Å². The summed E-state index contributed by atoms with van der Waals surface area (Å²) >= 11 is 0. The Kier molecular flexibility index (Phi) is 7.73. The standard InChI is InChI=1S/C21H28F3N5O3/c1-15-13-28(17-4-2-16(3-5-17)12-26-25)10-11-29(15)18-6-8-27(9-7-18)14-19(30)32-20(31)21(22,23)24/h2-5,12,15,18H,6-11,13-14,25H2,1H3/b26-12+. The predicted octanol–water partition coefficient (Wildman–Crippen LogP) is 1.59. The first-order chi connectivity index (χ1) is 15.2. The van der Waals surface area contributed by atoms with Crippen LogP contribution >= 0.6 is 0 Å². The molecule has 0 spiro atoms. The molecule has 0 radical (unpaired) electrons. The van der Waals surface area contributed by atoms with Gasteiger partial charge in [-0.1, -0.05) is 12.1 Å². The van der Waals surface area contributed by atoms with Crippen LogP contribution in [-0.2, 0) is 14.3 Å². The Balaban J connectivity index is 1.45. The lowest BCUT2D eigenvalue weighted by atomic mass is 9.99. The summed E-state index contributed by atoms with van der Waals surface area (Å²) < 4.78 is 40.5. The lowest BCUT2D eigenvalue weighted by molar-refractivity contribution is -0.202. The minimum atomic E-state index is -5.16. The molecule has 2 fully saturated rings. The van der Waals surface area contributed by atoms with Crippen LogP contribution in [0.15, 0.2) is 29.4 Å². The molecule has 176 valence electrons. The van der Waals surface area contributed by atoms with E-state index in [1.807, 2.05) is 12.1 Å². The molecule has 0 saturated carbocycles. The number of carbonyl (C=O) groups is 2. The number of benzene rings is 1. The summed E-state index contributed by atoms with van der Waals surface area (Å²) in [5.41, 5.74) is 2.09. The van der Waals surface area contributed by atoms with E-state index in [0.717, 1.165) is 43.7 Å². The van der Waals surface area contributed by atoms with E-state index in [1.165, 1.54) is 0 Å². The highest BCUT2D eigenvalue weighted by molar-refractivity contribution is 5.89. The fraction of sp³-hybridized carbons (Fsp3) is 0.571. The third-order valence-electron chi connectivity index (χ3n) is 5.98. The van der Waals surface area contributed by atoms with Gasteiger partial charge in [-0.3, -0.25) is 14.6 Å². The number of hydrogen-bond donors (Lipinski definition) is 1. The maximum atomic E-state index is 12.2. The molecule has 2 heterocycles. The predicted molar refractivity (Wildman–Crippen MR) is 113 cm³/mol. The zero-order chi connectivity index (χ0) is 23.3. The molecule has 11 heteroatoms. The van der Waals surface area contributed by atoms with Crippen molar-refractivity contribution in [2.75, 3.05) is 44.2 Å². The Hall–Kier alpha value is -2.66. The van der Waals surface area contributed by atoms with E-state index < -0.39 is 18.1 Å². The molecule has 0 bridgehead atoms. The molecule has 0 amide bonds. The van der Waals surface area contributed by atoms with Crippen molar-refractivity contribution in [3.05, 3.63) is 29.8 Å². The van der Waals surface area contributed by atoms with Crippen molar-refractivity contribution in [1.82, 2.24) is 9.80 Å². The van der Waals surface area contributed by atoms with E-state index in [1.54, 1.807) is 11.1 Å². The maximum absolute atomic E-state index is 12.2. The van der Waals surface area contributed by atoms with Gasteiger partial charge in [0.2, 0.25) is 0 Å². The average Bonchev–Trinajstić information content (AvgIpc) is 2.74. The van der Waals surface area contributed by atoms with Crippen LogP contribution in [0.5, 0.6) is 0 Å². The van der Waals surface area contributed by atoms with Gasteiger partial charge in [-0.25, -0.2) is 4.79 Å². The highest BCUT2D eigenvalue weighted by atomic mass is 19.4. The molecule has 0 aliphatic carbocycles. The summed E-state index contributed by atoms with van der Waals surface area (Å²) in [6, 6.07) is 8.75. The molecule has 0 aromatic heterocycles. The number of piperidine rings is 1. The van der Waals surface area contributed by atoms with Crippen LogP contribution in [0.3, 0.4) is 0 Å². The van der Waals surface area contributed by atoms with E-state index in [4.69, 9.17) is 5.84 Å². The summed E-state index contributed by atoms with van der Waals surface area (Å²) in [5, 5.41) is 3.53. The molecule has 2 aliphatic rings. The number of nitrogens with two attached hydrogens (primary N) is 1. The summed E-state index contributed by atoms with van der Waals surface area (Å²) in [6.45, 7) is 5.68. The van der Waals surface area contributed by atoms with Gasteiger partial charge in [0.1, 0.15) is 0 Å². The molecule has 2 N–H and O–H groups in total. The third kappa shape index (κ3) is 6.19. The van der Waals surface area contributed by atoms with Gasteiger partial charge in [0, 0.05) is 50.5 Å². The largest absolute Gasteiger partial charge is 0.491 e. The van der Waals surface area contributed by atoms with Gasteiger partial charge in [-0.2, -0.15) is 18.3 Å². The van der Waals surface area contributed by atoms with Gasteiger partial charge in [-0.05, 0) is 37.5 Å². The van der Waals surface area contributed by atoms with Crippen LogP contribution in [0, 0.1) is 0 Å². The number of carbonyl (C=O) groups excluding carboxylic acids is 2. The average molecular weight is 455 g/mol. The second kappa shape index (κ2) is 10.3. The van der Waals surface area contributed by atoms with E-state index in [9.17, 15) is 22.8 Å². The zero-order valence-electron chi connectivity index (χ0n) is 17.9. The highest BCUT2D eigenvalue weighted by Crippen LogP contribution is 2.25. The SMILES string of the molecule is CC1CN(c2ccc(/C=N/N)cc2)CCN1C1CCN(CC(=O)OC(=O)C(F)(F)F)CC1. The monoisotopic (exact) mass is 455 g/mol. The molecular formula is C21H28F3N5O3. The molecule has 8 nitrogen and oxygen atoms in total. The summed E-state index contributed by atoms with van der Waals surface area (Å²) in [7, 11) is 0. The van der Waals surface area contributed by atoms with Crippen LogP contribution in [-0.4, -0.2) is 85.5 Å². The fourth-order valence-corrected chi connectivity index (χ4v) is 4.39. The maximum Gasteiger partial charge on any atom is 0.491 e. The number of halogens is 3. The lowest BCUT2D eigenvalue weighted by Gasteiger charge is -2.47. The van der Waals surface area contributed by atoms with Crippen LogP contribution in [0.2, 0.25) is 0 Å². The second-order valence-corrected chi connectivity index (χ2v) is 8.17. The summed E-state index contributed by atoms with van der Waals surface area (Å²) in [4.78, 5) is 28.9. The zero-order valence-corrected chi connectivity index (χ0v) is 17.9. The number of likely N-dealkylation sites (tertiary alicyclic amines) is 1. The minimum absolute atomic E-state index is 0.317. The van der Waals surface area contributed by atoms with Crippen molar-refractivity contribution in [3.8, 4) is 0 Å². The number of piperazine rings is 1. The Labute approximate surface area is 184 Å². The smallest absolute Gasteiger partial charge is 0.385 e. The van der Waals surface area contributed by atoms with Crippen LogP contribution in [0.25, 0.3) is 0 Å². The van der Waals surface area contributed by atoms with Crippen molar-refractivity contribution >= 4 is 23.8 Å². The highest BCUT2D eigenvalue weighted by Gasteiger charge is 2.42. The summed E-state index contributed by atoms with van der Waals surface area (Å²) in [6.07, 6.45) is -1.96. The fourth-order valence-electron chi connectivity index (χ4n) is 4.39. The Bertz CT molecular complexity index is 823. The first-order valence-corrected chi connectivity index (χ1v) is 10.6. The van der Waals surface area contributed by atoms with Crippen LogP contribution < -0.4 is 10.7 Å². The topological polar surface area (TPSA) is 91.5 Å². The number of hydrazone groups is 1. The number of ether oxygens (including phenoxy) is 1. The van der Waals surface area contributed by atoms with Crippen molar-refractivity contribution < 1.29 is 27.5 Å². The molecule has 32 heavy (non-hydrogen) atoms. The number of rotatable bonds is 5. The van der Waals surface area contributed by atoms with Gasteiger partial charge in [0.25, 0.3) is 0 Å². The van der Waals surface area contributed by atoms with Gasteiger partial charge < -0.3 is 15.5 Å². The van der Waals surface area contributed by atoms with E-state index >= 15 is 0 Å². The number of anilines is 1. The molecule has 3 rings (SSSR count). The molecule has 1 aromatic carbocycles. The normalized spacial score (nSPS) is 21.8.